The Kier molecular flexibility index (Phi) is 7.90. The van der Waals surface area contributed by atoms with Gasteiger partial charge in [0.15, 0.2) is 0 Å². The van der Waals surface area contributed by atoms with Crippen molar-refractivity contribution in [1.82, 2.24) is 14.3 Å². The van der Waals surface area contributed by atoms with E-state index in [-0.39, 0.29) is 16.7 Å². The van der Waals surface area contributed by atoms with Gasteiger partial charge in [-0.1, -0.05) is 53.5 Å². The highest BCUT2D eigenvalue weighted by atomic mass is 35.5. The van der Waals surface area contributed by atoms with Crippen LogP contribution in [-0.4, -0.2) is 53.3 Å². The molecule has 1 saturated heterocycles. The predicted octanol–water partition coefficient (Wildman–Crippen LogP) is 6.75. The van der Waals surface area contributed by atoms with Crippen LogP contribution in [-0.2, 0) is 21.6 Å². The lowest BCUT2D eigenvalue weighted by Crippen LogP contribution is -2.46. The maximum absolute atomic E-state index is 15.6. The number of nitrogens with zero attached hydrogens (tertiary/aromatic N) is 3. The van der Waals surface area contributed by atoms with Gasteiger partial charge in [0, 0.05) is 40.9 Å². The van der Waals surface area contributed by atoms with Crippen molar-refractivity contribution in [1.29, 1.82) is 0 Å². The molecule has 0 radical (unpaired) electrons. The zero-order valence-electron chi connectivity index (χ0n) is 20.0. The third-order valence-electron chi connectivity index (χ3n) is 6.18. The highest BCUT2D eigenvalue weighted by molar-refractivity contribution is 7.98. The minimum absolute atomic E-state index is 0.223. The number of aromatic nitrogens is 2. The summed E-state index contributed by atoms with van der Waals surface area (Å²) in [5, 5.41) is 0.785. The number of fused-ring (bicyclic) bond motifs is 1. The number of methoxy groups -OCH3 is 1. The molecule has 0 aliphatic carbocycles. The lowest BCUT2D eigenvalue weighted by molar-refractivity contribution is -0.0241. The summed E-state index contributed by atoms with van der Waals surface area (Å²) in [6.45, 7) is 1.17. The van der Waals surface area contributed by atoms with Crippen molar-refractivity contribution in [2.45, 2.75) is 23.2 Å². The molecule has 1 amide bonds. The Morgan fingerprint density at radius 1 is 1.22 bits per heavy atom. The molecule has 0 unspecified atom stereocenters. The van der Waals surface area contributed by atoms with Crippen molar-refractivity contribution in [3.63, 3.8) is 0 Å². The molecular weight excluding hydrogens is 536 g/mol. The molecule has 10 heteroatoms. The molecule has 5 rings (SSSR count). The number of hydrogen-bond donors (Lipinski definition) is 0. The number of morpholine rings is 1. The van der Waals surface area contributed by atoms with Crippen LogP contribution in [0.5, 0.6) is 0 Å². The fraction of sp³-hybridized carbons (Fsp3) is 0.259. The molecule has 1 fully saturated rings. The Morgan fingerprint density at radius 2 is 2.03 bits per heavy atom. The van der Waals surface area contributed by atoms with E-state index in [2.05, 4.69) is 0 Å². The van der Waals surface area contributed by atoms with Gasteiger partial charge in [-0.2, -0.15) is 0 Å². The molecule has 2 aromatic heterocycles. The van der Waals surface area contributed by atoms with E-state index < -0.39 is 11.9 Å². The second kappa shape index (κ2) is 11.3. The molecule has 0 saturated carbocycles. The second-order valence-electron chi connectivity index (χ2n) is 8.63. The van der Waals surface area contributed by atoms with Crippen molar-refractivity contribution < 1.29 is 18.7 Å². The quantitative estimate of drug-likeness (QED) is 0.244. The molecule has 3 heterocycles. The highest BCUT2D eigenvalue weighted by Crippen LogP contribution is 2.38. The number of ether oxygens (including phenoxy) is 2. The first kappa shape index (κ1) is 25.9. The van der Waals surface area contributed by atoms with E-state index in [1.54, 1.807) is 29.3 Å². The van der Waals surface area contributed by atoms with Crippen LogP contribution in [0, 0.1) is 5.82 Å². The van der Waals surface area contributed by atoms with Crippen LogP contribution in [0.2, 0.25) is 10.0 Å². The average Bonchev–Trinajstić information content (AvgIpc) is 3.23. The van der Waals surface area contributed by atoms with Crippen LogP contribution >= 0.6 is 35.0 Å². The van der Waals surface area contributed by atoms with Crippen molar-refractivity contribution in [3.05, 3.63) is 87.9 Å². The molecule has 2 aromatic carbocycles. The summed E-state index contributed by atoms with van der Waals surface area (Å²) in [6.07, 6.45) is 1.44. The van der Waals surface area contributed by atoms with Crippen LogP contribution in [0.15, 0.2) is 65.7 Å². The van der Waals surface area contributed by atoms with E-state index in [1.807, 2.05) is 34.7 Å². The van der Waals surface area contributed by atoms with Crippen LogP contribution in [0.4, 0.5) is 9.18 Å². The van der Waals surface area contributed by atoms with E-state index in [4.69, 9.17) is 37.7 Å². The molecule has 1 aliphatic rings. The van der Waals surface area contributed by atoms with E-state index in [9.17, 15) is 4.79 Å². The maximum atomic E-state index is 15.6. The summed E-state index contributed by atoms with van der Waals surface area (Å²) in [5.41, 5.74) is 3.07. The zero-order valence-corrected chi connectivity index (χ0v) is 22.3. The molecule has 0 spiro atoms. The molecule has 1 atom stereocenters. The minimum atomic E-state index is -0.459. The number of halogens is 3. The van der Waals surface area contributed by atoms with Gasteiger partial charge in [-0.05, 0) is 23.8 Å². The van der Waals surface area contributed by atoms with Crippen molar-refractivity contribution in [3.8, 4) is 11.3 Å². The number of benzene rings is 2. The van der Waals surface area contributed by atoms with Gasteiger partial charge < -0.3 is 18.8 Å². The van der Waals surface area contributed by atoms with Gasteiger partial charge in [0.2, 0.25) is 0 Å². The number of rotatable bonds is 6. The molecule has 0 N–H and O–H groups in total. The van der Waals surface area contributed by atoms with Gasteiger partial charge in [-0.15, -0.1) is 11.8 Å². The Balaban J connectivity index is 1.49. The zero-order chi connectivity index (χ0) is 25.9. The fourth-order valence-electron chi connectivity index (χ4n) is 4.42. The number of carbonyl (C=O) groups excluding carboxylic acids is 1. The Labute approximate surface area is 228 Å². The first-order valence-corrected chi connectivity index (χ1v) is 13.4. The van der Waals surface area contributed by atoms with Gasteiger partial charge in [-0.3, -0.25) is 0 Å². The van der Waals surface area contributed by atoms with Gasteiger partial charge in [0.1, 0.15) is 11.5 Å². The summed E-state index contributed by atoms with van der Waals surface area (Å²) >= 11 is 14.4. The molecule has 37 heavy (non-hydrogen) atoms. The molecule has 0 bridgehead atoms. The maximum Gasteiger partial charge on any atom is 0.409 e. The third kappa shape index (κ3) is 5.72. The van der Waals surface area contributed by atoms with Crippen LogP contribution < -0.4 is 0 Å². The molecule has 4 aromatic rings. The smallest absolute Gasteiger partial charge is 0.409 e. The summed E-state index contributed by atoms with van der Waals surface area (Å²) in [4.78, 5) is 19.1. The topological polar surface area (TPSA) is 56.1 Å². The van der Waals surface area contributed by atoms with Crippen LogP contribution in [0.1, 0.15) is 11.3 Å². The third-order valence-corrected chi connectivity index (χ3v) is 7.76. The average molecular weight is 560 g/mol. The largest absolute Gasteiger partial charge is 0.453 e. The Bertz CT molecular complexity index is 1410. The normalized spacial score (nSPS) is 15.8. The number of hydrogen-bond acceptors (Lipinski definition) is 5. The van der Waals surface area contributed by atoms with Gasteiger partial charge in [-0.25, -0.2) is 14.2 Å². The van der Waals surface area contributed by atoms with E-state index in [1.165, 1.54) is 24.9 Å². The summed E-state index contributed by atoms with van der Waals surface area (Å²) in [7, 11) is 1.35. The SMILES string of the molecule is COC(=O)N1CCO[C@@H](Cc2c(-c3c(F)cc(SCc4ccccc4)cc3Cl)nc3cc(Cl)ccn23)C1. The summed E-state index contributed by atoms with van der Waals surface area (Å²) in [5.74, 6) is 0.239. The summed E-state index contributed by atoms with van der Waals surface area (Å²) < 4.78 is 28.3. The van der Waals surface area contributed by atoms with E-state index in [0.29, 0.717) is 53.9 Å². The van der Waals surface area contributed by atoms with E-state index >= 15 is 4.39 Å². The summed E-state index contributed by atoms with van der Waals surface area (Å²) in [6, 6.07) is 16.7. The monoisotopic (exact) mass is 559 g/mol. The first-order valence-electron chi connectivity index (χ1n) is 11.7. The van der Waals surface area contributed by atoms with Crippen molar-refractivity contribution in [2.24, 2.45) is 0 Å². The lowest BCUT2D eigenvalue weighted by Gasteiger charge is -2.32. The molecule has 1 aliphatic heterocycles. The second-order valence-corrected chi connectivity index (χ2v) is 10.5. The Hall–Kier alpha value is -2.78. The minimum Gasteiger partial charge on any atom is -0.453 e. The number of amides is 1. The van der Waals surface area contributed by atoms with Gasteiger partial charge in [0.25, 0.3) is 0 Å². The predicted molar refractivity (Wildman–Crippen MR) is 144 cm³/mol. The lowest BCUT2D eigenvalue weighted by atomic mass is 10.0. The number of carbonyl (C=O) groups is 1. The highest BCUT2D eigenvalue weighted by Gasteiger charge is 2.29. The van der Waals surface area contributed by atoms with Crippen LogP contribution in [0.25, 0.3) is 16.9 Å². The molecule has 6 nitrogen and oxygen atoms in total. The van der Waals surface area contributed by atoms with Gasteiger partial charge >= 0.3 is 6.09 Å². The van der Waals surface area contributed by atoms with Gasteiger partial charge in [0.05, 0.1) is 48.3 Å². The number of thioether (sulfide) groups is 1. The van der Waals surface area contributed by atoms with Crippen molar-refractivity contribution >= 4 is 46.7 Å². The molecular formula is C27H24Cl2FN3O3S. The fourth-order valence-corrected chi connectivity index (χ4v) is 5.85. The number of imidazole rings is 1. The Morgan fingerprint density at radius 3 is 2.78 bits per heavy atom. The van der Waals surface area contributed by atoms with Crippen LogP contribution in [0.3, 0.4) is 0 Å². The standard InChI is InChI=1S/C27H24Cl2FN3O3S/c1-35-27(34)32-9-10-36-19(15-32)12-23-26(31-24-11-18(28)7-8-33(23)24)25-21(29)13-20(14-22(25)30)37-16-17-5-3-2-4-6-17/h2-8,11,13-14,19H,9-10,12,15-16H2,1H3/t19-/m0/s1. The molecule has 192 valence electrons. The van der Waals surface area contributed by atoms with Crippen molar-refractivity contribution in [2.75, 3.05) is 26.8 Å². The number of pyridine rings is 1. The first-order chi connectivity index (χ1) is 17.9. The van der Waals surface area contributed by atoms with E-state index in [0.717, 1.165) is 10.5 Å².